The quantitative estimate of drug-likeness (QED) is 0.411. The number of halogens is 1. The van der Waals surface area contributed by atoms with E-state index < -0.39 is 0 Å². The fraction of sp³-hybridized carbons (Fsp3) is 0.455. The first-order valence-corrected chi connectivity index (χ1v) is 10.4. The number of ether oxygens (including phenoxy) is 4. The van der Waals surface area contributed by atoms with Crippen LogP contribution in [0.3, 0.4) is 0 Å². The molecule has 6 heteroatoms. The van der Waals surface area contributed by atoms with Crippen LogP contribution in [0.15, 0.2) is 28.7 Å². The number of phenolic OH excluding ortho intramolecular Hbond substituents is 1. The van der Waals surface area contributed by atoms with Crippen molar-refractivity contribution >= 4 is 15.9 Å². The van der Waals surface area contributed by atoms with Crippen LogP contribution in [-0.2, 0) is 0 Å². The lowest BCUT2D eigenvalue weighted by Crippen LogP contribution is -2.03. The molecule has 0 fully saturated rings. The summed E-state index contributed by atoms with van der Waals surface area (Å²) in [5.41, 5.74) is 1.49. The van der Waals surface area contributed by atoms with Crippen molar-refractivity contribution in [1.29, 1.82) is 0 Å². The summed E-state index contributed by atoms with van der Waals surface area (Å²) < 4.78 is 23.6. The van der Waals surface area contributed by atoms with Crippen LogP contribution < -0.4 is 18.9 Å². The molecule has 0 heterocycles. The molecule has 2 rings (SSSR count). The predicted octanol–water partition coefficient (Wildman–Crippen LogP) is 6.20. The van der Waals surface area contributed by atoms with E-state index in [0.717, 1.165) is 41.3 Å². The number of unbranched alkanes of at least 4 members (excludes halogenated alkanes) is 2. The highest BCUT2D eigenvalue weighted by Crippen LogP contribution is 2.49. The number of hydrogen-bond donors (Lipinski definition) is 1. The first-order chi connectivity index (χ1) is 13.6. The minimum Gasteiger partial charge on any atom is -0.504 e. The maximum atomic E-state index is 10.5. The average Bonchev–Trinajstić information content (AvgIpc) is 2.69. The SMILES string of the molecule is CCCCOc1ccc(-c2c(OC)cc(Br)c(OC)c2OCCCC)cc1O. The van der Waals surface area contributed by atoms with Gasteiger partial charge in [0.15, 0.2) is 23.0 Å². The Morgan fingerprint density at radius 2 is 1.54 bits per heavy atom. The van der Waals surface area contributed by atoms with E-state index in [9.17, 15) is 5.11 Å². The van der Waals surface area contributed by atoms with Crippen LogP contribution in [0.5, 0.6) is 28.7 Å². The lowest BCUT2D eigenvalue weighted by atomic mass is 10.0. The van der Waals surface area contributed by atoms with Gasteiger partial charge < -0.3 is 24.1 Å². The van der Waals surface area contributed by atoms with Gasteiger partial charge in [0.05, 0.1) is 37.5 Å². The van der Waals surface area contributed by atoms with Gasteiger partial charge in [-0.05, 0) is 52.5 Å². The maximum absolute atomic E-state index is 10.5. The second-order valence-electron chi connectivity index (χ2n) is 6.38. The van der Waals surface area contributed by atoms with Crippen molar-refractivity contribution in [2.45, 2.75) is 39.5 Å². The lowest BCUT2D eigenvalue weighted by molar-refractivity contribution is 0.286. The van der Waals surface area contributed by atoms with Crippen molar-refractivity contribution in [2.75, 3.05) is 27.4 Å². The highest BCUT2D eigenvalue weighted by molar-refractivity contribution is 9.10. The number of phenols is 1. The van der Waals surface area contributed by atoms with E-state index >= 15 is 0 Å². The summed E-state index contributed by atoms with van der Waals surface area (Å²) in [7, 11) is 3.21. The highest BCUT2D eigenvalue weighted by Gasteiger charge is 2.22. The second-order valence-corrected chi connectivity index (χ2v) is 7.24. The van der Waals surface area contributed by atoms with Crippen molar-refractivity contribution in [3.05, 3.63) is 28.7 Å². The van der Waals surface area contributed by atoms with E-state index in [-0.39, 0.29) is 5.75 Å². The first kappa shape index (κ1) is 22.2. The van der Waals surface area contributed by atoms with E-state index in [4.69, 9.17) is 18.9 Å². The Bertz CT molecular complexity index is 776. The Morgan fingerprint density at radius 1 is 0.857 bits per heavy atom. The topological polar surface area (TPSA) is 57.2 Å². The zero-order valence-corrected chi connectivity index (χ0v) is 18.6. The summed E-state index contributed by atoms with van der Waals surface area (Å²) in [5, 5.41) is 10.5. The van der Waals surface area contributed by atoms with Gasteiger partial charge in [0, 0.05) is 0 Å². The molecule has 28 heavy (non-hydrogen) atoms. The molecule has 0 saturated heterocycles. The van der Waals surface area contributed by atoms with Crippen LogP contribution >= 0.6 is 15.9 Å². The largest absolute Gasteiger partial charge is 0.504 e. The molecule has 0 bridgehead atoms. The molecule has 154 valence electrons. The van der Waals surface area contributed by atoms with Crippen molar-refractivity contribution in [2.24, 2.45) is 0 Å². The molecule has 0 aromatic heterocycles. The molecular formula is C22H29BrO5. The third-order valence-corrected chi connectivity index (χ3v) is 4.91. The molecule has 0 amide bonds. The number of benzene rings is 2. The monoisotopic (exact) mass is 452 g/mol. The molecule has 0 atom stereocenters. The summed E-state index contributed by atoms with van der Waals surface area (Å²) in [6.07, 6.45) is 3.92. The normalized spacial score (nSPS) is 10.6. The van der Waals surface area contributed by atoms with Gasteiger partial charge in [0.2, 0.25) is 0 Å². The molecule has 2 aromatic rings. The molecule has 0 radical (unpaired) electrons. The van der Waals surface area contributed by atoms with Crippen LogP contribution in [0.1, 0.15) is 39.5 Å². The molecule has 2 aromatic carbocycles. The second kappa shape index (κ2) is 11.1. The van der Waals surface area contributed by atoms with E-state index in [2.05, 4.69) is 29.8 Å². The summed E-state index contributed by atoms with van der Waals surface area (Å²) in [6.45, 7) is 5.34. The Balaban J connectivity index is 2.51. The number of hydrogen-bond acceptors (Lipinski definition) is 5. The van der Waals surface area contributed by atoms with Gasteiger partial charge in [-0.3, -0.25) is 0 Å². The summed E-state index contributed by atoms with van der Waals surface area (Å²) in [6, 6.07) is 7.16. The van der Waals surface area contributed by atoms with Gasteiger partial charge in [0.25, 0.3) is 0 Å². The average molecular weight is 453 g/mol. The van der Waals surface area contributed by atoms with Crippen LogP contribution in [-0.4, -0.2) is 32.5 Å². The Labute approximate surface area is 175 Å². The molecule has 1 N–H and O–H groups in total. The molecule has 0 aliphatic carbocycles. The van der Waals surface area contributed by atoms with Gasteiger partial charge in [-0.2, -0.15) is 0 Å². The molecule has 0 unspecified atom stereocenters. The lowest BCUT2D eigenvalue weighted by Gasteiger charge is -2.20. The molecule has 0 saturated carbocycles. The van der Waals surface area contributed by atoms with Crippen molar-refractivity contribution in [3.63, 3.8) is 0 Å². The van der Waals surface area contributed by atoms with Crippen molar-refractivity contribution < 1.29 is 24.1 Å². The first-order valence-electron chi connectivity index (χ1n) is 9.60. The van der Waals surface area contributed by atoms with E-state index in [0.29, 0.717) is 36.2 Å². The number of aromatic hydroxyl groups is 1. The zero-order valence-electron chi connectivity index (χ0n) is 17.0. The van der Waals surface area contributed by atoms with E-state index in [1.54, 1.807) is 26.4 Å². The zero-order chi connectivity index (χ0) is 20.5. The van der Waals surface area contributed by atoms with Gasteiger partial charge in [-0.1, -0.05) is 32.8 Å². The maximum Gasteiger partial charge on any atom is 0.175 e. The Morgan fingerprint density at radius 3 is 2.11 bits per heavy atom. The van der Waals surface area contributed by atoms with Crippen LogP contribution in [0.25, 0.3) is 11.1 Å². The van der Waals surface area contributed by atoms with Crippen LogP contribution in [0.2, 0.25) is 0 Å². The van der Waals surface area contributed by atoms with Crippen LogP contribution in [0, 0.1) is 0 Å². The third-order valence-electron chi connectivity index (χ3n) is 4.33. The Kier molecular flexibility index (Phi) is 8.77. The summed E-state index contributed by atoms with van der Waals surface area (Å²) >= 11 is 3.52. The van der Waals surface area contributed by atoms with E-state index in [1.165, 1.54) is 0 Å². The van der Waals surface area contributed by atoms with Crippen LogP contribution in [0.4, 0.5) is 0 Å². The minimum atomic E-state index is 0.0806. The smallest absolute Gasteiger partial charge is 0.175 e. The molecule has 0 aliphatic rings. The predicted molar refractivity (Wildman–Crippen MR) is 115 cm³/mol. The molecule has 5 nitrogen and oxygen atoms in total. The Hall–Kier alpha value is -2.08. The van der Waals surface area contributed by atoms with Gasteiger partial charge >= 0.3 is 0 Å². The molecule has 0 spiro atoms. The van der Waals surface area contributed by atoms with Crippen molar-refractivity contribution in [3.8, 4) is 39.9 Å². The number of rotatable bonds is 11. The summed E-state index contributed by atoms with van der Waals surface area (Å²) in [5.74, 6) is 2.35. The van der Waals surface area contributed by atoms with Gasteiger partial charge in [-0.15, -0.1) is 0 Å². The van der Waals surface area contributed by atoms with Gasteiger partial charge in [-0.25, -0.2) is 0 Å². The highest BCUT2D eigenvalue weighted by atomic mass is 79.9. The molecule has 0 aliphatic heterocycles. The molecular weight excluding hydrogens is 424 g/mol. The standard InChI is InChI=1S/C22H29BrO5/c1-5-7-11-27-18-10-9-15(13-17(18)24)20-19(25-3)14-16(23)21(26-4)22(20)28-12-8-6-2/h9-10,13-14,24H,5-8,11-12H2,1-4H3. The minimum absolute atomic E-state index is 0.0806. The summed E-state index contributed by atoms with van der Waals surface area (Å²) in [4.78, 5) is 0. The fourth-order valence-corrected chi connectivity index (χ4v) is 3.34. The van der Waals surface area contributed by atoms with E-state index in [1.807, 2.05) is 12.1 Å². The fourth-order valence-electron chi connectivity index (χ4n) is 2.79. The van der Waals surface area contributed by atoms with Gasteiger partial charge in [0.1, 0.15) is 5.75 Å². The number of methoxy groups -OCH3 is 2. The van der Waals surface area contributed by atoms with Crippen molar-refractivity contribution in [1.82, 2.24) is 0 Å². The third kappa shape index (κ3) is 5.25.